The van der Waals surface area contributed by atoms with Gasteiger partial charge in [-0.1, -0.05) is 0 Å². The van der Waals surface area contributed by atoms with Crippen LogP contribution in [0.25, 0.3) is 0 Å². The molecule has 0 spiro atoms. The molecule has 1 aromatic rings. The van der Waals surface area contributed by atoms with Gasteiger partial charge in [0.1, 0.15) is 0 Å². The largest absolute Gasteiger partial charge is 0.501 e. The van der Waals surface area contributed by atoms with Crippen molar-refractivity contribution in [2.45, 2.75) is 0 Å². The van der Waals surface area contributed by atoms with Crippen LogP contribution in [0, 0.1) is 5.41 Å². The van der Waals surface area contributed by atoms with E-state index in [9.17, 15) is 4.79 Å². The third kappa shape index (κ3) is 1.21. The average Bonchev–Trinajstić information content (AvgIpc) is 1.94. The van der Waals surface area contributed by atoms with Crippen LogP contribution in [0.3, 0.4) is 0 Å². The second-order valence-electron chi connectivity index (χ2n) is 1.88. The molecule has 1 rings (SSSR count). The Morgan fingerprint density at radius 2 is 2.36 bits per heavy atom. The van der Waals surface area contributed by atoms with Crippen molar-refractivity contribution in [2.75, 3.05) is 0 Å². The molecule has 0 radical (unpaired) electrons. The van der Waals surface area contributed by atoms with Gasteiger partial charge in [0.2, 0.25) is 16.9 Å². The van der Waals surface area contributed by atoms with Gasteiger partial charge in [-0.05, 0) is 0 Å². The number of nitrogen functional groups attached to an aromatic ring is 1. The lowest BCUT2D eigenvalue weighted by Crippen LogP contribution is -2.14. The highest BCUT2D eigenvalue weighted by atomic mass is 16.4. The Bertz CT molecular complexity index is 342. The molecule has 4 N–H and O–H groups in total. The van der Waals surface area contributed by atoms with E-state index < -0.39 is 17.0 Å². The Balaban J connectivity index is 3.39. The number of aromatic hydroxyl groups is 1. The van der Waals surface area contributed by atoms with Crippen LogP contribution in [0.1, 0.15) is 5.76 Å². The standard InChI is InChI=1S/C6H6N2O3/c7-6(8)5-4(10)3(9)1-2-11-5/h1-2,10H,(H3,7,8). The number of rotatable bonds is 1. The van der Waals surface area contributed by atoms with Crippen molar-refractivity contribution in [3.05, 3.63) is 28.3 Å². The van der Waals surface area contributed by atoms with Crippen molar-refractivity contribution >= 4 is 5.84 Å². The van der Waals surface area contributed by atoms with Gasteiger partial charge in [-0.25, -0.2) is 0 Å². The number of nitrogens with one attached hydrogen (secondary N) is 1. The number of hydrogen-bond acceptors (Lipinski definition) is 4. The van der Waals surface area contributed by atoms with E-state index in [0.29, 0.717) is 0 Å². The first-order chi connectivity index (χ1) is 5.13. The van der Waals surface area contributed by atoms with Crippen LogP contribution in [0.2, 0.25) is 0 Å². The number of amidine groups is 1. The Morgan fingerprint density at radius 3 is 2.82 bits per heavy atom. The maximum absolute atomic E-state index is 10.7. The summed E-state index contributed by atoms with van der Waals surface area (Å²) in [5, 5.41) is 15.8. The van der Waals surface area contributed by atoms with Crippen molar-refractivity contribution in [1.82, 2.24) is 0 Å². The summed E-state index contributed by atoms with van der Waals surface area (Å²) < 4.78 is 4.60. The summed E-state index contributed by atoms with van der Waals surface area (Å²) in [7, 11) is 0. The van der Waals surface area contributed by atoms with Crippen LogP contribution in [0.5, 0.6) is 5.75 Å². The highest BCUT2D eigenvalue weighted by molar-refractivity contribution is 5.94. The molecule has 5 nitrogen and oxygen atoms in total. The van der Waals surface area contributed by atoms with Gasteiger partial charge < -0.3 is 15.3 Å². The third-order valence-corrected chi connectivity index (χ3v) is 1.10. The van der Waals surface area contributed by atoms with E-state index in [1.54, 1.807) is 0 Å². The summed E-state index contributed by atoms with van der Waals surface area (Å²) in [6.07, 6.45) is 1.07. The summed E-state index contributed by atoms with van der Waals surface area (Å²) in [6.45, 7) is 0. The maximum atomic E-state index is 10.7. The van der Waals surface area contributed by atoms with E-state index in [2.05, 4.69) is 4.42 Å². The topological polar surface area (TPSA) is 100 Å². The monoisotopic (exact) mass is 154 g/mol. The zero-order chi connectivity index (χ0) is 8.43. The molecular formula is C6H6N2O3. The van der Waals surface area contributed by atoms with Crippen molar-refractivity contribution in [1.29, 1.82) is 5.41 Å². The van der Waals surface area contributed by atoms with Gasteiger partial charge in [-0.15, -0.1) is 0 Å². The van der Waals surface area contributed by atoms with Gasteiger partial charge in [0.25, 0.3) is 0 Å². The Kier molecular flexibility index (Phi) is 1.63. The number of hydrogen-bond donors (Lipinski definition) is 3. The molecule has 0 fully saturated rings. The lowest BCUT2D eigenvalue weighted by atomic mass is 10.3. The molecule has 11 heavy (non-hydrogen) atoms. The van der Waals surface area contributed by atoms with Crippen molar-refractivity contribution in [3.8, 4) is 5.75 Å². The van der Waals surface area contributed by atoms with Crippen LogP contribution in [-0.2, 0) is 0 Å². The zero-order valence-corrected chi connectivity index (χ0v) is 5.50. The van der Waals surface area contributed by atoms with Crippen molar-refractivity contribution in [2.24, 2.45) is 5.73 Å². The van der Waals surface area contributed by atoms with E-state index >= 15 is 0 Å². The minimum absolute atomic E-state index is 0.294. The van der Waals surface area contributed by atoms with Gasteiger partial charge in [0, 0.05) is 6.07 Å². The molecule has 0 aliphatic rings. The molecule has 1 heterocycles. The molecule has 0 amide bonds. The summed E-state index contributed by atoms with van der Waals surface area (Å²) >= 11 is 0. The van der Waals surface area contributed by atoms with Crippen LogP contribution in [0.4, 0.5) is 0 Å². The van der Waals surface area contributed by atoms with Crippen LogP contribution in [-0.4, -0.2) is 10.9 Å². The van der Waals surface area contributed by atoms with Gasteiger partial charge in [-0.3, -0.25) is 10.2 Å². The minimum atomic E-state index is -0.625. The van der Waals surface area contributed by atoms with Gasteiger partial charge in [0.05, 0.1) is 6.26 Å². The molecule has 0 saturated heterocycles. The molecule has 0 unspecified atom stereocenters. The first-order valence-corrected chi connectivity index (χ1v) is 2.78. The molecule has 1 aromatic heterocycles. The highest BCUT2D eigenvalue weighted by Gasteiger charge is 2.08. The fourth-order valence-corrected chi connectivity index (χ4v) is 0.602. The molecule has 0 saturated carbocycles. The van der Waals surface area contributed by atoms with Gasteiger partial charge in [0.15, 0.2) is 5.84 Å². The number of nitrogens with two attached hydrogens (primary N) is 1. The predicted molar refractivity (Wildman–Crippen MR) is 37.7 cm³/mol. The lowest BCUT2D eigenvalue weighted by Gasteiger charge is -1.96. The minimum Gasteiger partial charge on any atom is -0.501 e. The fourth-order valence-electron chi connectivity index (χ4n) is 0.602. The average molecular weight is 154 g/mol. The zero-order valence-electron chi connectivity index (χ0n) is 5.50. The second-order valence-corrected chi connectivity index (χ2v) is 1.88. The molecule has 0 aromatic carbocycles. The Morgan fingerprint density at radius 1 is 1.73 bits per heavy atom. The van der Waals surface area contributed by atoms with E-state index in [0.717, 1.165) is 12.3 Å². The lowest BCUT2D eigenvalue weighted by molar-refractivity contribution is 0.424. The van der Waals surface area contributed by atoms with Crippen molar-refractivity contribution < 1.29 is 9.52 Å². The first kappa shape index (κ1) is 7.33. The normalized spacial score (nSPS) is 9.45. The summed E-state index contributed by atoms with van der Waals surface area (Å²) in [5.41, 5.74) is 4.36. The predicted octanol–water partition coefficient (Wildman–Crippen LogP) is -0.371. The van der Waals surface area contributed by atoms with Gasteiger partial charge >= 0.3 is 0 Å². The van der Waals surface area contributed by atoms with E-state index in [4.69, 9.17) is 16.2 Å². The molecule has 0 aliphatic heterocycles. The van der Waals surface area contributed by atoms with Crippen LogP contribution in [0.15, 0.2) is 21.5 Å². The Labute approximate surface area is 61.6 Å². The quantitative estimate of drug-likeness (QED) is 0.379. The Hall–Kier alpha value is -1.78. The highest BCUT2D eigenvalue weighted by Crippen LogP contribution is 2.07. The van der Waals surface area contributed by atoms with E-state index in [-0.39, 0.29) is 5.76 Å². The summed E-state index contributed by atoms with van der Waals surface area (Å²) in [4.78, 5) is 10.7. The van der Waals surface area contributed by atoms with E-state index in [1.807, 2.05) is 0 Å². The first-order valence-electron chi connectivity index (χ1n) is 2.78. The van der Waals surface area contributed by atoms with E-state index in [1.165, 1.54) is 0 Å². The van der Waals surface area contributed by atoms with Gasteiger partial charge in [-0.2, -0.15) is 0 Å². The molecule has 5 heteroatoms. The fraction of sp³-hybridized carbons (Fsp3) is 0. The second kappa shape index (κ2) is 2.45. The molecular weight excluding hydrogens is 148 g/mol. The van der Waals surface area contributed by atoms with Crippen LogP contribution >= 0.6 is 0 Å². The van der Waals surface area contributed by atoms with Crippen molar-refractivity contribution in [3.63, 3.8) is 0 Å². The molecule has 0 aliphatic carbocycles. The smallest absolute Gasteiger partial charge is 0.227 e. The maximum Gasteiger partial charge on any atom is 0.227 e. The summed E-state index contributed by atoms with van der Waals surface area (Å²) in [5.74, 6) is -1.39. The molecule has 58 valence electrons. The van der Waals surface area contributed by atoms with Crippen LogP contribution < -0.4 is 11.2 Å². The SMILES string of the molecule is N=C(N)c1occc(=O)c1O. The third-order valence-electron chi connectivity index (χ3n) is 1.10. The molecule has 0 atom stereocenters. The molecule has 0 bridgehead atoms. The summed E-state index contributed by atoms with van der Waals surface area (Å²) in [6, 6.07) is 1.04.